The number of hydrogen-bond donors (Lipinski definition) is 7. The highest BCUT2D eigenvalue weighted by Crippen LogP contribution is 2.43. The van der Waals surface area contributed by atoms with Gasteiger partial charge in [0.25, 0.3) is 23.6 Å². The minimum atomic E-state index is -1.09. The van der Waals surface area contributed by atoms with Crippen molar-refractivity contribution in [3.8, 4) is 0 Å². The van der Waals surface area contributed by atoms with Gasteiger partial charge in [-0.1, -0.05) is 85.1 Å². The monoisotopic (exact) mass is 1110 g/mol. The first-order valence-electron chi connectivity index (χ1n) is 29.1. The molecular formula is C58H79N11O11. The molecule has 22 nitrogen and oxygen atoms in total. The summed E-state index contributed by atoms with van der Waals surface area (Å²) in [7, 11) is 0. The minimum absolute atomic E-state index is 0.00219. The van der Waals surface area contributed by atoms with E-state index in [1.807, 2.05) is 27.7 Å². The first-order valence-corrected chi connectivity index (χ1v) is 29.1. The van der Waals surface area contributed by atoms with Gasteiger partial charge < -0.3 is 41.7 Å². The molecule has 2 aromatic rings. The number of ketones is 1. The third-order valence-electron chi connectivity index (χ3n) is 16.7. The van der Waals surface area contributed by atoms with Crippen molar-refractivity contribution >= 4 is 70.5 Å². The van der Waals surface area contributed by atoms with Gasteiger partial charge in [0.05, 0.1) is 18.4 Å². The largest absolute Gasteiger partial charge is 0.351 e. The quantitative estimate of drug-likeness (QED) is 0.0446. The highest BCUT2D eigenvalue weighted by Gasteiger charge is 2.53. The Bertz CT molecular complexity index is 2700. The second-order valence-electron chi connectivity index (χ2n) is 23.7. The van der Waals surface area contributed by atoms with Gasteiger partial charge in [-0.25, -0.2) is 9.97 Å². The number of imide groups is 1. The number of likely N-dealkylation sites (tertiary alicyclic amines) is 1. The Labute approximate surface area is 467 Å². The van der Waals surface area contributed by atoms with Crippen LogP contribution in [0.3, 0.4) is 0 Å². The van der Waals surface area contributed by atoms with Crippen LogP contribution in [0.15, 0.2) is 30.6 Å². The van der Waals surface area contributed by atoms with Crippen LogP contribution >= 0.6 is 0 Å². The summed E-state index contributed by atoms with van der Waals surface area (Å²) in [5, 5.41) is 19.5. The standard InChI is InChI=1S/C58H79N11O11/c1-5-16-40(48(72)55(78)62-35-24-25-35)64-54(77)47-36-20-14-19-34(36)31-69(47)57(80)49(58(2,3)4)67-53(76)46(33-17-10-9-11-18-33)66-51(74)42-30-60-41(29-61-42)50(73)59-28-13-8-6-7-12-23-44(70)63-39-22-15-21-37-38(39)32-68(56(37)79)43-26-27-45(71)65-52(43)75/h15,21-22,29-30,33-36,40,43,46-47,49H,5-14,16-20,23-28,31-32H2,1-4H3,(H,59,73)(H,62,78)(H,63,70)(H,64,77)(H,66,74)(H,67,76)(H,65,71,75)/t34-,36-,40-,43?,46-,47-,49+/m0/s1. The van der Waals surface area contributed by atoms with Crippen LogP contribution in [0.2, 0.25) is 0 Å². The number of benzene rings is 1. The summed E-state index contributed by atoms with van der Waals surface area (Å²) >= 11 is 0. The number of nitrogens with zero attached hydrogens (tertiary/aromatic N) is 4. The van der Waals surface area contributed by atoms with Crippen LogP contribution < -0.4 is 37.2 Å². The summed E-state index contributed by atoms with van der Waals surface area (Å²) in [5.74, 6) is -5.74. The molecule has 1 aromatic heterocycles. The van der Waals surface area contributed by atoms with Crippen molar-refractivity contribution in [2.45, 2.75) is 199 Å². The summed E-state index contributed by atoms with van der Waals surface area (Å²) in [6, 6.07) is 0.233. The van der Waals surface area contributed by atoms with Crippen LogP contribution in [0.5, 0.6) is 0 Å². The lowest BCUT2D eigenvalue weighted by Gasteiger charge is -2.38. The number of unbranched alkanes of at least 4 members (excludes halogenated alkanes) is 4. The lowest BCUT2D eigenvalue weighted by atomic mass is 9.82. The molecule has 0 spiro atoms. The van der Waals surface area contributed by atoms with E-state index in [9.17, 15) is 52.7 Å². The molecule has 22 heteroatoms. The van der Waals surface area contributed by atoms with Crippen molar-refractivity contribution in [1.29, 1.82) is 0 Å². The van der Waals surface area contributed by atoms with Crippen LogP contribution in [-0.2, 0) is 44.9 Å². The van der Waals surface area contributed by atoms with Crippen molar-refractivity contribution in [1.82, 2.24) is 51.7 Å². The summed E-state index contributed by atoms with van der Waals surface area (Å²) in [6.07, 6.45) is 15.6. The molecule has 3 aliphatic heterocycles. The normalized spacial score (nSPS) is 22.0. The van der Waals surface area contributed by atoms with Gasteiger partial charge >= 0.3 is 0 Å². The molecule has 80 heavy (non-hydrogen) atoms. The van der Waals surface area contributed by atoms with E-state index in [2.05, 4.69) is 47.2 Å². The number of nitrogens with one attached hydrogen (secondary N) is 7. The number of carbonyl (C=O) groups excluding carboxylic acids is 11. The predicted molar refractivity (Wildman–Crippen MR) is 292 cm³/mol. The fourth-order valence-electron chi connectivity index (χ4n) is 12.2. The molecule has 6 aliphatic rings. The van der Waals surface area contributed by atoms with Gasteiger partial charge in [0.2, 0.25) is 41.2 Å². The second-order valence-corrected chi connectivity index (χ2v) is 23.7. The molecule has 3 aliphatic carbocycles. The van der Waals surface area contributed by atoms with Crippen molar-refractivity contribution < 1.29 is 52.7 Å². The smallest absolute Gasteiger partial charge is 0.289 e. The number of fused-ring (bicyclic) bond motifs is 2. The number of aromatic nitrogens is 2. The van der Waals surface area contributed by atoms with E-state index in [-0.39, 0.29) is 85.1 Å². The molecule has 3 saturated carbocycles. The maximum Gasteiger partial charge on any atom is 0.289 e. The van der Waals surface area contributed by atoms with Gasteiger partial charge in [-0.2, -0.15) is 0 Å². The summed E-state index contributed by atoms with van der Waals surface area (Å²) in [4.78, 5) is 158. The molecule has 5 fully saturated rings. The molecule has 8 rings (SSSR count). The van der Waals surface area contributed by atoms with E-state index in [0.717, 1.165) is 70.6 Å². The number of anilines is 1. The van der Waals surface area contributed by atoms with Gasteiger partial charge in [0.15, 0.2) is 0 Å². The van der Waals surface area contributed by atoms with Gasteiger partial charge in [-0.3, -0.25) is 58.1 Å². The van der Waals surface area contributed by atoms with Crippen molar-refractivity contribution in [3.05, 3.63) is 53.1 Å². The molecule has 0 radical (unpaired) electrons. The van der Waals surface area contributed by atoms with Crippen molar-refractivity contribution in [2.75, 3.05) is 18.4 Å². The Hall–Kier alpha value is -7.13. The molecule has 7 N–H and O–H groups in total. The molecule has 1 unspecified atom stereocenters. The van der Waals surface area contributed by atoms with Gasteiger partial charge in [-0.05, 0) is 99.5 Å². The first-order chi connectivity index (χ1) is 38.3. The van der Waals surface area contributed by atoms with Gasteiger partial charge in [0, 0.05) is 55.3 Å². The van der Waals surface area contributed by atoms with Crippen LogP contribution in [0.1, 0.15) is 193 Å². The highest BCUT2D eigenvalue weighted by atomic mass is 16.2. The zero-order valence-electron chi connectivity index (χ0n) is 46.6. The average molecular weight is 1110 g/mol. The number of rotatable bonds is 24. The SMILES string of the molecule is CCC[C@H](NC(=O)[C@@H]1[C@H]2CCC[C@H]2CN1C(=O)[C@@H](NC(=O)[C@@H](NC(=O)c1cnc(C(=O)NCCCCCCCC(=O)Nc2cccc3c2CN(C2CCC(=O)NC2=O)C3=O)cn1)C1CCCCC1)C(C)(C)C)C(=O)C(=O)NC1CC1. The van der Waals surface area contributed by atoms with E-state index in [0.29, 0.717) is 62.0 Å². The Kier molecular flexibility index (Phi) is 19.5. The number of carbonyl (C=O) groups is 11. The Morgan fingerprint density at radius 2 is 1.50 bits per heavy atom. The first kappa shape index (κ1) is 59.0. The fraction of sp³-hybridized carbons (Fsp3) is 0.638. The zero-order valence-corrected chi connectivity index (χ0v) is 46.6. The van der Waals surface area contributed by atoms with E-state index in [1.54, 1.807) is 23.1 Å². The predicted octanol–water partition coefficient (Wildman–Crippen LogP) is 3.92. The maximum absolute atomic E-state index is 14.9. The van der Waals surface area contributed by atoms with E-state index in [4.69, 9.17) is 0 Å². The van der Waals surface area contributed by atoms with E-state index in [1.165, 1.54) is 17.3 Å². The molecule has 4 heterocycles. The zero-order chi connectivity index (χ0) is 57.3. The Balaban J connectivity index is 0.797. The Morgan fingerprint density at radius 3 is 2.19 bits per heavy atom. The number of amides is 10. The molecule has 2 saturated heterocycles. The molecule has 10 amide bonds. The summed E-state index contributed by atoms with van der Waals surface area (Å²) in [5.41, 5.74) is 0.643. The van der Waals surface area contributed by atoms with Crippen LogP contribution in [0.25, 0.3) is 0 Å². The third kappa shape index (κ3) is 14.4. The minimum Gasteiger partial charge on any atom is -0.351 e. The van der Waals surface area contributed by atoms with Crippen molar-refractivity contribution in [2.24, 2.45) is 23.2 Å². The van der Waals surface area contributed by atoms with E-state index >= 15 is 0 Å². The van der Waals surface area contributed by atoms with Crippen LogP contribution in [0, 0.1) is 23.2 Å². The van der Waals surface area contributed by atoms with Gasteiger partial charge in [0.1, 0.15) is 35.6 Å². The lowest BCUT2D eigenvalue weighted by molar-refractivity contribution is -0.146. The molecule has 0 bridgehead atoms. The summed E-state index contributed by atoms with van der Waals surface area (Å²) in [6.45, 7) is 8.18. The number of hydrogen-bond acceptors (Lipinski definition) is 13. The average Bonchev–Trinajstić information content (AvgIpc) is 3.84. The highest BCUT2D eigenvalue weighted by molar-refractivity contribution is 6.38. The van der Waals surface area contributed by atoms with Crippen LogP contribution in [-0.4, -0.2) is 134 Å². The van der Waals surface area contributed by atoms with E-state index < -0.39 is 82.8 Å². The third-order valence-corrected chi connectivity index (χ3v) is 16.7. The second kappa shape index (κ2) is 26.4. The maximum atomic E-state index is 14.9. The summed E-state index contributed by atoms with van der Waals surface area (Å²) < 4.78 is 0. The Morgan fingerprint density at radius 1 is 0.787 bits per heavy atom. The lowest BCUT2D eigenvalue weighted by Crippen LogP contribution is -2.62. The van der Waals surface area contributed by atoms with Gasteiger partial charge in [-0.15, -0.1) is 0 Å². The molecule has 7 atom stereocenters. The molecule has 1 aromatic carbocycles. The number of Topliss-reactive ketones (excluding diaryl/α,β-unsaturated/α-hetero) is 1. The fourth-order valence-corrected chi connectivity index (χ4v) is 12.2. The van der Waals surface area contributed by atoms with Crippen molar-refractivity contribution in [3.63, 3.8) is 0 Å². The topological polar surface area (TPSA) is 304 Å². The molecule has 432 valence electrons. The number of piperidine rings is 1. The molecular weight excluding hydrogens is 1030 g/mol. The van der Waals surface area contributed by atoms with Crippen LogP contribution in [0.4, 0.5) is 5.69 Å².